The normalized spacial score (nSPS) is 18.5. The number of nitrogens with zero attached hydrogens (tertiary/aromatic N) is 3. The van der Waals surface area contributed by atoms with Gasteiger partial charge in [0.05, 0.1) is 22.5 Å². The number of aromatic nitrogens is 1. The van der Waals surface area contributed by atoms with Crippen molar-refractivity contribution in [1.82, 2.24) is 9.88 Å². The van der Waals surface area contributed by atoms with Crippen molar-refractivity contribution in [2.24, 2.45) is 10.4 Å². The van der Waals surface area contributed by atoms with Gasteiger partial charge in [0.25, 0.3) is 0 Å². The molecule has 0 bridgehead atoms. The molecule has 304 valence electrons. The van der Waals surface area contributed by atoms with Gasteiger partial charge in [-0.25, -0.2) is 4.99 Å². The highest BCUT2D eigenvalue weighted by Crippen LogP contribution is 2.63. The molecule has 0 radical (unpaired) electrons. The molecule has 0 fully saturated rings. The van der Waals surface area contributed by atoms with Crippen LogP contribution < -0.4 is 10.2 Å². The van der Waals surface area contributed by atoms with E-state index in [2.05, 4.69) is 247 Å². The average molecular weight is 821 g/mol. The predicted molar refractivity (Wildman–Crippen MR) is 265 cm³/mol. The third-order valence-corrected chi connectivity index (χ3v) is 13.9. The number of aliphatic imine (C=N–C) groups is 1. The van der Waals surface area contributed by atoms with E-state index < -0.39 is 5.41 Å². The number of guanidine groups is 1. The van der Waals surface area contributed by atoms with Crippen LogP contribution >= 0.6 is 0 Å². The summed E-state index contributed by atoms with van der Waals surface area (Å²) in [5, 5.41) is 6.37. The van der Waals surface area contributed by atoms with Crippen molar-refractivity contribution in [2.45, 2.75) is 25.3 Å². The molecule has 4 aliphatic rings. The minimum absolute atomic E-state index is 0.0334. The minimum Gasteiger partial charge on any atom is -0.325 e. The van der Waals surface area contributed by atoms with Gasteiger partial charge in [0.15, 0.2) is 0 Å². The summed E-state index contributed by atoms with van der Waals surface area (Å²) < 4.78 is 2.45. The standard InChI is InChI=1S/C60H44N4/c1-59(2)34-33-40(38-59)55-37-54(39-17-5-3-6-18-39)61-58(62-55)63(41-19-7-4-8-20-41)42-29-31-46-44-21-9-13-25-50(44)60(52(46)35-42)51-26-14-10-22-45(51)47-32-30-43(36-53(47)60)64-56-27-15-11-23-48(56)49-24-12-16-28-57(49)64/h3-38,55H,1-2H3,(H,61,62). The molecule has 13 rings (SSSR count). The molecule has 1 aliphatic heterocycles. The van der Waals surface area contributed by atoms with Crippen LogP contribution in [0.25, 0.3) is 55.4 Å². The summed E-state index contributed by atoms with van der Waals surface area (Å²) >= 11 is 0. The van der Waals surface area contributed by atoms with Crippen molar-refractivity contribution in [3.05, 3.63) is 252 Å². The second kappa shape index (κ2) is 13.8. The van der Waals surface area contributed by atoms with E-state index in [9.17, 15) is 0 Å². The smallest absolute Gasteiger partial charge is 0.208 e. The quantitative estimate of drug-likeness (QED) is 0.188. The molecule has 4 heteroatoms. The number of rotatable bonds is 5. The SMILES string of the molecule is CC1(C)C=CC(C2C=C(c3ccccc3)NC(N(c3ccccc3)c3ccc4c(c3)C3(c5ccccc5-4)c4ccccc4-c4ccc(-n5c6ccccc6c6ccccc65)cc43)=N2)=C1. The second-order valence-corrected chi connectivity index (χ2v) is 18.1. The van der Waals surface area contributed by atoms with E-state index in [1.165, 1.54) is 71.9 Å². The third kappa shape index (κ3) is 5.32. The maximum atomic E-state index is 5.57. The van der Waals surface area contributed by atoms with Crippen LogP contribution in [0.1, 0.15) is 41.7 Å². The lowest BCUT2D eigenvalue weighted by Gasteiger charge is -2.34. The zero-order chi connectivity index (χ0) is 42.6. The Morgan fingerprint density at radius 2 is 1.09 bits per heavy atom. The number of para-hydroxylation sites is 3. The van der Waals surface area contributed by atoms with E-state index >= 15 is 0 Å². The van der Waals surface area contributed by atoms with Crippen LogP contribution in [0.4, 0.5) is 11.4 Å². The molecule has 0 amide bonds. The Morgan fingerprint density at radius 1 is 0.531 bits per heavy atom. The topological polar surface area (TPSA) is 32.6 Å². The van der Waals surface area contributed by atoms with Crippen molar-refractivity contribution in [3.63, 3.8) is 0 Å². The first-order valence-electron chi connectivity index (χ1n) is 22.3. The molecule has 1 N–H and O–H groups in total. The van der Waals surface area contributed by atoms with E-state index in [0.717, 1.165) is 34.3 Å². The highest BCUT2D eigenvalue weighted by molar-refractivity contribution is 6.10. The molecule has 2 atom stereocenters. The van der Waals surface area contributed by atoms with Gasteiger partial charge in [0, 0.05) is 38.9 Å². The zero-order valence-electron chi connectivity index (χ0n) is 35.7. The van der Waals surface area contributed by atoms with Crippen LogP contribution in [0.15, 0.2) is 229 Å². The Balaban J connectivity index is 1.05. The number of hydrogen-bond donors (Lipinski definition) is 1. The monoisotopic (exact) mass is 820 g/mol. The second-order valence-electron chi connectivity index (χ2n) is 18.1. The third-order valence-electron chi connectivity index (χ3n) is 13.9. The molecule has 8 aromatic carbocycles. The van der Waals surface area contributed by atoms with E-state index in [1.807, 2.05) is 0 Å². The summed E-state index contributed by atoms with van der Waals surface area (Å²) in [6.45, 7) is 4.51. The molecular weight excluding hydrogens is 777 g/mol. The zero-order valence-corrected chi connectivity index (χ0v) is 35.7. The Bertz CT molecular complexity index is 3450. The summed E-state index contributed by atoms with van der Waals surface area (Å²) in [6, 6.07) is 71.2. The first-order chi connectivity index (χ1) is 31.5. The van der Waals surface area contributed by atoms with Crippen molar-refractivity contribution in [1.29, 1.82) is 0 Å². The van der Waals surface area contributed by atoms with Crippen LogP contribution in [-0.4, -0.2) is 16.6 Å². The number of benzene rings is 8. The predicted octanol–water partition coefficient (Wildman–Crippen LogP) is 14.2. The van der Waals surface area contributed by atoms with Gasteiger partial charge in [-0.1, -0.05) is 178 Å². The molecule has 9 aromatic rings. The molecule has 1 aromatic heterocycles. The van der Waals surface area contributed by atoms with E-state index in [-0.39, 0.29) is 11.5 Å². The Labute approximate surface area is 373 Å². The van der Waals surface area contributed by atoms with Crippen LogP contribution in [0.2, 0.25) is 0 Å². The van der Waals surface area contributed by atoms with Crippen molar-refractivity contribution >= 4 is 44.8 Å². The maximum absolute atomic E-state index is 5.57. The highest BCUT2D eigenvalue weighted by Gasteiger charge is 2.52. The molecule has 0 saturated heterocycles. The summed E-state index contributed by atoms with van der Waals surface area (Å²) in [7, 11) is 0. The fourth-order valence-corrected chi connectivity index (χ4v) is 11.2. The molecule has 3 aliphatic carbocycles. The highest BCUT2D eigenvalue weighted by atomic mass is 15.3. The van der Waals surface area contributed by atoms with Gasteiger partial charge >= 0.3 is 0 Å². The van der Waals surface area contributed by atoms with Gasteiger partial charge < -0.3 is 9.88 Å². The summed E-state index contributed by atoms with van der Waals surface area (Å²) in [4.78, 5) is 7.89. The van der Waals surface area contributed by atoms with Crippen LogP contribution in [0.5, 0.6) is 0 Å². The van der Waals surface area contributed by atoms with Crippen molar-refractivity contribution < 1.29 is 0 Å². The fraction of sp³-hybridized carbons (Fsp3) is 0.0833. The van der Waals surface area contributed by atoms with Gasteiger partial charge in [-0.2, -0.15) is 0 Å². The van der Waals surface area contributed by atoms with Gasteiger partial charge in [0.1, 0.15) is 0 Å². The first-order valence-corrected chi connectivity index (χ1v) is 22.3. The molecule has 4 nitrogen and oxygen atoms in total. The molecule has 1 spiro atoms. The van der Waals surface area contributed by atoms with Gasteiger partial charge in [-0.15, -0.1) is 0 Å². The summed E-state index contributed by atoms with van der Waals surface area (Å²) in [5.41, 5.74) is 18.6. The Hall–Kier alpha value is -7.95. The number of hydrogen-bond acceptors (Lipinski definition) is 3. The Kier molecular flexibility index (Phi) is 7.90. The first kappa shape index (κ1) is 36.7. The van der Waals surface area contributed by atoms with Gasteiger partial charge in [0.2, 0.25) is 5.96 Å². The van der Waals surface area contributed by atoms with E-state index in [4.69, 9.17) is 4.99 Å². The van der Waals surface area contributed by atoms with Crippen LogP contribution in [-0.2, 0) is 5.41 Å². The fourth-order valence-electron chi connectivity index (χ4n) is 11.2. The molecule has 0 saturated carbocycles. The van der Waals surface area contributed by atoms with Gasteiger partial charge in [-0.05, 0) is 110 Å². The maximum Gasteiger partial charge on any atom is 0.208 e. The molecular formula is C60H44N4. The summed E-state index contributed by atoms with van der Waals surface area (Å²) in [6.07, 6.45) is 9.16. The lowest BCUT2D eigenvalue weighted by atomic mass is 9.70. The van der Waals surface area contributed by atoms with Crippen molar-refractivity contribution in [2.75, 3.05) is 4.90 Å². The number of nitrogens with one attached hydrogen (secondary N) is 1. The van der Waals surface area contributed by atoms with E-state index in [0.29, 0.717) is 0 Å². The number of anilines is 2. The molecule has 2 heterocycles. The lowest BCUT2D eigenvalue weighted by Crippen LogP contribution is -2.41. The van der Waals surface area contributed by atoms with Crippen LogP contribution in [0.3, 0.4) is 0 Å². The molecule has 2 unspecified atom stereocenters. The largest absolute Gasteiger partial charge is 0.325 e. The molecule has 64 heavy (non-hydrogen) atoms. The Morgan fingerprint density at radius 3 is 1.75 bits per heavy atom. The average Bonchev–Trinajstić information content (AvgIpc) is 4.06. The number of fused-ring (bicyclic) bond motifs is 13. The van der Waals surface area contributed by atoms with Crippen LogP contribution in [0, 0.1) is 5.41 Å². The number of allylic oxidation sites excluding steroid dienone is 2. The van der Waals surface area contributed by atoms with E-state index in [1.54, 1.807) is 0 Å². The summed E-state index contributed by atoms with van der Waals surface area (Å²) in [5.74, 6) is 0.780. The van der Waals surface area contributed by atoms with Gasteiger partial charge in [-0.3, -0.25) is 4.90 Å². The van der Waals surface area contributed by atoms with Crippen molar-refractivity contribution in [3.8, 4) is 27.9 Å². The minimum atomic E-state index is -0.574. The lowest BCUT2D eigenvalue weighted by molar-refractivity contribution is 0.633.